The van der Waals surface area contributed by atoms with Gasteiger partial charge in [-0.15, -0.1) is 0 Å². The number of rotatable bonds is 5. The largest absolute Gasteiger partial charge is 0.366 e. The predicted molar refractivity (Wildman–Crippen MR) is 119 cm³/mol. The zero-order valence-electron chi connectivity index (χ0n) is 17.5. The molecule has 0 saturated carbocycles. The van der Waals surface area contributed by atoms with Crippen molar-refractivity contribution in [3.8, 4) is 11.6 Å². The van der Waals surface area contributed by atoms with E-state index in [9.17, 15) is 9.18 Å². The first-order valence-corrected chi connectivity index (χ1v) is 10.3. The van der Waals surface area contributed by atoms with Crippen LogP contribution in [0.4, 0.5) is 10.2 Å². The molecule has 1 amide bonds. The lowest BCUT2D eigenvalue weighted by molar-refractivity contribution is 0.100. The van der Waals surface area contributed by atoms with Crippen molar-refractivity contribution >= 4 is 17.2 Å². The highest BCUT2D eigenvalue weighted by molar-refractivity contribution is 5.99. The number of imidazole rings is 1. The van der Waals surface area contributed by atoms with Gasteiger partial charge in [-0.1, -0.05) is 12.1 Å². The van der Waals surface area contributed by atoms with Crippen LogP contribution in [0.5, 0.6) is 0 Å². The van der Waals surface area contributed by atoms with Crippen LogP contribution < -0.4 is 11.1 Å². The maximum absolute atomic E-state index is 13.6. The van der Waals surface area contributed by atoms with E-state index in [1.165, 1.54) is 12.1 Å². The number of pyridine rings is 1. The van der Waals surface area contributed by atoms with Gasteiger partial charge in [-0.3, -0.25) is 9.20 Å². The van der Waals surface area contributed by atoms with Crippen LogP contribution in [0, 0.1) is 5.82 Å². The Morgan fingerprint density at radius 3 is 2.94 bits per heavy atom. The van der Waals surface area contributed by atoms with Gasteiger partial charge in [-0.2, -0.15) is 0 Å². The Morgan fingerprint density at radius 2 is 2.12 bits per heavy atom. The van der Waals surface area contributed by atoms with Crippen molar-refractivity contribution in [2.45, 2.75) is 19.5 Å². The van der Waals surface area contributed by atoms with Gasteiger partial charge in [-0.05, 0) is 36.9 Å². The number of nitrogens with two attached hydrogens (primary N) is 1. The van der Waals surface area contributed by atoms with Crippen molar-refractivity contribution in [2.24, 2.45) is 5.73 Å². The summed E-state index contributed by atoms with van der Waals surface area (Å²) >= 11 is 0. The van der Waals surface area contributed by atoms with Crippen molar-refractivity contribution in [1.29, 1.82) is 0 Å². The predicted octanol–water partition coefficient (Wildman–Crippen LogP) is 2.63. The monoisotopic (exact) mass is 431 g/mol. The Hall–Kier alpha value is -3.85. The SMILES string of the molecule is CN1CCc2nc(-c3ncc4c(C(N)=O)cccn34)nc(NCc3cccc(F)c3)c2C1. The molecule has 0 atom stereocenters. The lowest BCUT2D eigenvalue weighted by Crippen LogP contribution is -2.29. The van der Waals surface area contributed by atoms with Crippen LogP contribution in [0.3, 0.4) is 0 Å². The zero-order valence-corrected chi connectivity index (χ0v) is 17.5. The van der Waals surface area contributed by atoms with E-state index in [-0.39, 0.29) is 5.82 Å². The summed E-state index contributed by atoms with van der Waals surface area (Å²) in [5.74, 6) is 0.886. The topological polar surface area (TPSA) is 101 Å². The molecule has 1 aliphatic rings. The molecule has 1 aromatic carbocycles. The van der Waals surface area contributed by atoms with Crippen molar-refractivity contribution in [3.63, 3.8) is 0 Å². The van der Waals surface area contributed by atoms with E-state index < -0.39 is 5.91 Å². The fourth-order valence-electron chi connectivity index (χ4n) is 4.02. The van der Waals surface area contributed by atoms with Crippen LogP contribution in [0.1, 0.15) is 27.2 Å². The van der Waals surface area contributed by atoms with E-state index >= 15 is 0 Å². The number of fused-ring (bicyclic) bond motifs is 2. The molecule has 32 heavy (non-hydrogen) atoms. The number of primary amides is 1. The first-order valence-electron chi connectivity index (χ1n) is 10.3. The minimum atomic E-state index is -0.520. The molecule has 0 bridgehead atoms. The van der Waals surface area contributed by atoms with Crippen LogP contribution in [-0.2, 0) is 19.5 Å². The van der Waals surface area contributed by atoms with Crippen LogP contribution in [0.25, 0.3) is 17.2 Å². The van der Waals surface area contributed by atoms with Gasteiger partial charge in [0.15, 0.2) is 11.6 Å². The number of hydrogen-bond donors (Lipinski definition) is 2. The summed E-state index contributed by atoms with van der Waals surface area (Å²) in [6.45, 7) is 2.04. The molecule has 3 N–H and O–H groups in total. The van der Waals surface area contributed by atoms with Gasteiger partial charge >= 0.3 is 0 Å². The number of nitrogens with one attached hydrogen (secondary N) is 1. The maximum atomic E-state index is 13.6. The van der Waals surface area contributed by atoms with Gasteiger partial charge in [0.2, 0.25) is 0 Å². The third-order valence-corrected chi connectivity index (χ3v) is 5.64. The van der Waals surface area contributed by atoms with Crippen LogP contribution in [0.2, 0.25) is 0 Å². The number of carbonyl (C=O) groups is 1. The molecule has 0 spiro atoms. The number of aromatic nitrogens is 4. The fourth-order valence-corrected chi connectivity index (χ4v) is 4.02. The molecule has 3 aromatic heterocycles. The second-order valence-corrected chi connectivity index (χ2v) is 7.92. The lowest BCUT2D eigenvalue weighted by atomic mass is 10.1. The molecule has 1 aliphatic heterocycles. The van der Waals surface area contributed by atoms with Gasteiger partial charge in [0.1, 0.15) is 11.6 Å². The number of amides is 1. The molecule has 4 heterocycles. The van der Waals surface area contributed by atoms with Gasteiger partial charge in [0.25, 0.3) is 5.91 Å². The Morgan fingerprint density at radius 1 is 1.25 bits per heavy atom. The molecule has 0 aliphatic carbocycles. The average Bonchev–Trinajstić information content (AvgIpc) is 3.21. The summed E-state index contributed by atoms with van der Waals surface area (Å²) < 4.78 is 15.4. The number of anilines is 1. The highest BCUT2D eigenvalue weighted by Crippen LogP contribution is 2.28. The summed E-state index contributed by atoms with van der Waals surface area (Å²) in [4.78, 5) is 28.1. The summed E-state index contributed by atoms with van der Waals surface area (Å²) in [5, 5.41) is 3.36. The van der Waals surface area contributed by atoms with Gasteiger partial charge in [0.05, 0.1) is 23.0 Å². The zero-order chi connectivity index (χ0) is 22.2. The summed E-state index contributed by atoms with van der Waals surface area (Å²) in [6, 6.07) is 9.89. The Labute approximate surface area is 183 Å². The molecule has 0 fully saturated rings. The van der Waals surface area contributed by atoms with E-state index in [2.05, 4.69) is 22.2 Å². The van der Waals surface area contributed by atoms with Gasteiger partial charge < -0.3 is 16.0 Å². The minimum Gasteiger partial charge on any atom is -0.366 e. The molecular weight excluding hydrogens is 409 g/mol. The molecule has 4 aromatic rings. The van der Waals surface area contributed by atoms with E-state index in [0.717, 1.165) is 36.3 Å². The number of likely N-dealkylation sites (N-methyl/N-ethyl adjacent to an activating group) is 1. The van der Waals surface area contributed by atoms with Crippen molar-refractivity contribution in [1.82, 2.24) is 24.3 Å². The molecule has 0 unspecified atom stereocenters. The highest BCUT2D eigenvalue weighted by atomic mass is 19.1. The Balaban J connectivity index is 1.58. The fraction of sp³-hybridized carbons (Fsp3) is 0.217. The van der Waals surface area contributed by atoms with E-state index in [4.69, 9.17) is 15.7 Å². The second kappa shape index (κ2) is 8.01. The quantitative estimate of drug-likeness (QED) is 0.504. The number of carbonyl (C=O) groups excluding carboxylic acids is 1. The third kappa shape index (κ3) is 3.67. The maximum Gasteiger partial charge on any atom is 0.250 e. The van der Waals surface area contributed by atoms with E-state index in [1.807, 2.05) is 6.07 Å². The second-order valence-electron chi connectivity index (χ2n) is 7.92. The average molecular weight is 431 g/mol. The van der Waals surface area contributed by atoms with E-state index in [0.29, 0.717) is 35.1 Å². The lowest BCUT2D eigenvalue weighted by Gasteiger charge is -2.26. The number of hydrogen-bond acceptors (Lipinski definition) is 6. The minimum absolute atomic E-state index is 0.274. The Bertz CT molecular complexity index is 1330. The number of halogens is 1. The van der Waals surface area contributed by atoms with Crippen molar-refractivity contribution in [2.75, 3.05) is 18.9 Å². The third-order valence-electron chi connectivity index (χ3n) is 5.64. The van der Waals surface area contributed by atoms with E-state index in [1.54, 1.807) is 35.0 Å². The molecule has 8 nitrogen and oxygen atoms in total. The number of benzene rings is 1. The standard InChI is InChI=1S/C23H22FN7O/c1-30-9-7-18-17(13-30)21(26-11-14-4-2-5-15(24)10-14)29-22(28-18)23-27-12-19-16(20(25)32)6-3-8-31(19)23/h2-6,8,10,12H,7,9,11,13H2,1H3,(H2,25,32)(H,26,28,29). The molecule has 0 radical (unpaired) electrons. The summed E-state index contributed by atoms with van der Waals surface area (Å²) in [7, 11) is 2.06. The van der Waals surface area contributed by atoms with Crippen LogP contribution in [-0.4, -0.2) is 43.8 Å². The van der Waals surface area contributed by atoms with Gasteiger partial charge in [-0.25, -0.2) is 19.3 Å². The highest BCUT2D eigenvalue weighted by Gasteiger charge is 2.23. The molecule has 9 heteroatoms. The smallest absolute Gasteiger partial charge is 0.250 e. The van der Waals surface area contributed by atoms with Gasteiger partial charge in [0, 0.05) is 37.8 Å². The first kappa shape index (κ1) is 20.1. The Kier molecular flexibility index (Phi) is 5.02. The molecule has 0 saturated heterocycles. The van der Waals surface area contributed by atoms with Crippen molar-refractivity contribution in [3.05, 3.63) is 77.0 Å². The number of nitrogens with zero attached hydrogens (tertiary/aromatic N) is 5. The first-order chi connectivity index (χ1) is 15.5. The molecule has 5 rings (SSSR count). The van der Waals surface area contributed by atoms with Crippen LogP contribution in [0.15, 0.2) is 48.8 Å². The molecular formula is C23H22FN7O. The normalized spacial score (nSPS) is 13.8. The summed E-state index contributed by atoms with van der Waals surface area (Å²) in [6.07, 6.45) is 4.19. The van der Waals surface area contributed by atoms with Crippen molar-refractivity contribution < 1.29 is 9.18 Å². The molecule has 162 valence electrons. The van der Waals surface area contributed by atoms with Crippen LogP contribution >= 0.6 is 0 Å². The summed E-state index contributed by atoms with van der Waals surface area (Å²) in [5.41, 5.74) is 9.30.